The Balaban J connectivity index is 1.57. The smallest absolute Gasteiger partial charge is 0.336 e. The second-order valence-electron chi connectivity index (χ2n) is 7.17. The third kappa shape index (κ3) is 5.51. The first-order chi connectivity index (χ1) is 15.2. The van der Waals surface area contributed by atoms with E-state index in [0.29, 0.717) is 16.9 Å². The lowest BCUT2D eigenvalue weighted by molar-refractivity contribution is -0.142. The van der Waals surface area contributed by atoms with Crippen LogP contribution in [0.3, 0.4) is 0 Å². The summed E-state index contributed by atoms with van der Waals surface area (Å²) in [6.07, 6.45) is 0. The normalized spacial score (nSPS) is 12.6. The first-order valence-corrected chi connectivity index (χ1v) is 9.79. The van der Waals surface area contributed by atoms with Gasteiger partial charge >= 0.3 is 11.6 Å². The third-order valence-electron chi connectivity index (χ3n) is 4.73. The highest BCUT2D eigenvalue weighted by molar-refractivity contribution is 5.91. The van der Waals surface area contributed by atoms with Crippen molar-refractivity contribution in [3.63, 3.8) is 0 Å². The molecule has 9 nitrogen and oxygen atoms in total. The molecule has 166 valence electrons. The molecule has 0 radical (unpaired) electrons. The quantitative estimate of drug-likeness (QED) is 0.457. The van der Waals surface area contributed by atoms with E-state index in [0.717, 1.165) is 10.9 Å². The molecule has 3 N–H and O–H groups in total. The Morgan fingerprint density at radius 1 is 1.06 bits per heavy atom. The molecule has 9 heteroatoms. The van der Waals surface area contributed by atoms with Gasteiger partial charge in [0, 0.05) is 17.5 Å². The van der Waals surface area contributed by atoms with Gasteiger partial charge in [-0.1, -0.05) is 30.3 Å². The molecule has 1 aromatic heterocycles. The summed E-state index contributed by atoms with van der Waals surface area (Å²) in [6.45, 7) is 2.83. The van der Waals surface area contributed by atoms with Gasteiger partial charge in [0.25, 0.3) is 5.91 Å². The van der Waals surface area contributed by atoms with Crippen molar-refractivity contribution in [1.82, 2.24) is 10.6 Å². The third-order valence-corrected chi connectivity index (χ3v) is 4.73. The van der Waals surface area contributed by atoms with Gasteiger partial charge in [0.15, 0.2) is 12.6 Å². The molecule has 0 saturated carbocycles. The summed E-state index contributed by atoms with van der Waals surface area (Å²) >= 11 is 0. The molecule has 2 atom stereocenters. The zero-order valence-electron chi connectivity index (χ0n) is 17.5. The number of hydrogen-bond acceptors (Lipinski definition) is 6. The molecule has 32 heavy (non-hydrogen) atoms. The Morgan fingerprint density at radius 3 is 2.47 bits per heavy atom. The Morgan fingerprint density at radius 2 is 1.78 bits per heavy atom. The Kier molecular flexibility index (Phi) is 6.89. The van der Waals surface area contributed by atoms with E-state index in [2.05, 4.69) is 10.6 Å². The first kappa shape index (κ1) is 22.5. The summed E-state index contributed by atoms with van der Waals surface area (Å²) in [4.78, 5) is 47.6. The number of carbonyl (C=O) groups excluding carboxylic acids is 2. The van der Waals surface area contributed by atoms with E-state index in [1.54, 1.807) is 49.4 Å². The fourth-order valence-electron chi connectivity index (χ4n) is 3.09. The molecular formula is C23H22N2O7. The minimum Gasteiger partial charge on any atom is -0.484 e. The maximum atomic E-state index is 12.4. The molecule has 2 amide bonds. The summed E-state index contributed by atoms with van der Waals surface area (Å²) in [5.74, 6) is -2.14. The van der Waals surface area contributed by atoms with Crippen LogP contribution < -0.4 is 21.0 Å². The van der Waals surface area contributed by atoms with Crippen molar-refractivity contribution in [3.8, 4) is 5.75 Å². The molecule has 0 aliphatic rings. The SMILES string of the molecule is Cc1cc(=O)oc2cc(OCC(=O)N[C@@H](C)C(=O)N[C@@H](C(=O)O)c3ccccc3)ccc12. The molecule has 0 aliphatic carbocycles. The fraction of sp³-hybridized carbons (Fsp3) is 0.217. The van der Waals surface area contributed by atoms with Gasteiger partial charge in [-0.25, -0.2) is 9.59 Å². The Labute approximate surface area is 183 Å². The molecule has 0 saturated heterocycles. The maximum Gasteiger partial charge on any atom is 0.336 e. The highest BCUT2D eigenvalue weighted by atomic mass is 16.5. The number of fused-ring (bicyclic) bond motifs is 1. The number of ether oxygens (including phenoxy) is 1. The number of hydrogen-bond donors (Lipinski definition) is 3. The van der Waals surface area contributed by atoms with Crippen molar-refractivity contribution in [2.24, 2.45) is 0 Å². The molecule has 0 aliphatic heterocycles. The number of aliphatic carboxylic acids is 1. The van der Waals surface area contributed by atoms with Crippen LogP contribution in [0.1, 0.15) is 24.1 Å². The fourth-order valence-corrected chi connectivity index (χ4v) is 3.09. The number of aryl methyl sites for hydroxylation is 1. The summed E-state index contributed by atoms with van der Waals surface area (Å²) < 4.78 is 10.6. The first-order valence-electron chi connectivity index (χ1n) is 9.79. The van der Waals surface area contributed by atoms with Crippen molar-refractivity contribution in [3.05, 3.63) is 76.1 Å². The maximum absolute atomic E-state index is 12.4. The summed E-state index contributed by atoms with van der Waals surface area (Å²) in [6, 6.07) is 12.2. The van der Waals surface area contributed by atoms with Crippen LogP contribution in [-0.2, 0) is 14.4 Å². The lowest BCUT2D eigenvalue weighted by Crippen LogP contribution is -2.48. The minimum atomic E-state index is -1.24. The van der Waals surface area contributed by atoms with Crippen LogP contribution in [-0.4, -0.2) is 35.5 Å². The minimum absolute atomic E-state index is 0.313. The van der Waals surface area contributed by atoms with Crippen LogP contribution in [0.15, 0.2) is 63.8 Å². The van der Waals surface area contributed by atoms with Gasteiger partial charge in [-0.15, -0.1) is 0 Å². The van der Waals surface area contributed by atoms with E-state index in [-0.39, 0.29) is 6.61 Å². The number of carboxylic acids is 1. The predicted molar refractivity (Wildman–Crippen MR) is 115 cm³/mol. The van der Waals surface area contributed by atoms with Crippen LogP contribution in [0.25, 0.3) is 11.0 Å². The van der Waals surface area contributed by atoms with Gasteiger partial charge in [-0.3, -0.25) is 9.59 Å². The molecule has 0 unspecified atom stereocenters. The van der Waals surface area contributed by atoms with Crippen molar-refractivity contribution < 1.29 is 28.6 Å². The number of nitrogens with one attached hydrogen (secondary N) is 2. The second-order valence-corrected chi connectivity index (χ2v) is 7.17. The van der Waals surface area contributed by atoms with Gasteiger partial charge in [-0.05, 0) is 37.1 Å². The standard InChI is InChI=1S/C23H22N2O7/c1-13-10-20(27)32-18-11-16(8-9-17(13)18)31-12-19(26)24-14(2)22(28)25-21(23(29)30)15-6-4-3-5-7-15/h3-11,14,21H,12H2,1-2H3,(H,24,26)(H,25,28)(H,29,30)/t14-,21+/m0/s1. The van der Waals surface area contributed by atoms with Crippen LogP contribution in [0, 0.1) is 6.92 Å². The van der Waals surface area contributed by atoms with Crippen LogP contribution in [0.2, 0.25) is 0 Å². The second kappa shape index (κ2) is 9.78. The van der Waals surface area contributed by atoms with Gasteiger partial charge in [-0.2, -0.15) is 0 Å². The number of amides is 2. The number of carbonyl (C=O) groups is 3. The zero-order valence-corrected chi connectivity index (χ0v) is 17.5. The predicted octanol–water partition coefficient (Wildman–Crippen LogP) is 1.93. The molecule has 0 spiro atoms. The monoisotopic (exact) mass is 438 g/mol. The molecular weight excluding hydrogens is 416 g/mol. The topological polar surface area (TPSA) is 135 Å². The summed E-state index contributed by atoms with van der Waals surface area (Å²) in [7, 11) is 0. The number of rotatable bonds is 8. The Bertz CT molecular complexity index is 1200. The molecule has 2 aromatic carbocycles. The van der Waals surface area contributed by atoms with Crippen molar-refractivity contribution in [1.29, 1.82) is 0 Å². The van der Waals surface area contributed by atoms with E-state index in [1.165, 1.54) is 19.1 Å². The molecule has 0 fully saturated rings. The lowest BCUT2D eigenvalue weighted by Gasteiger charge is -2.19. The highest BCUT2D eigenvalue weighted by Gasteiger charge is 2.25. The van der Waals surface area contributed by atoms with E-state index < -0.39 is 35.5 Å². The average molecular weight is 438 g/mol. The van der Waals surface area contributed by atoms with Crippen LogP contribution in [0.4, 0.5) is 0 Å². The van der Waals surface area contributed by atoms with E-state index >= 15 is 0 Å². The number of benzene rings is 2. The zero-order chi connectivity index (χ0) is 23.3. The van der Waals surface area contributed by atoms with Crippen molar-refractivity contribution in [2.75, 3.05) is 6.61 Å². The summed E-state index contributed by atoms with van der Waals surface area (Å²) in [5, 5.41) is 15.0. The van der Waals surface area contributed by atoms with E-state index in [9.17, 15) is 24.3 Å². The van der Waals surface area contributed by atoms with Gasteiger partial charge in [0.2, 0.25) is 5.91 Å². The molecule has 1 heterocycles. The number of carboxylic acid groups (broad SMARTS) is 1. The van der Waals surface area contributed by atoms with Gasteiger partial charge < -0.3 is 24.9 Å². The Hall–Kier alpha value is -4.14. The van der Waals surface area contributed by atoms with Gasteiger partial charge in [0.1, 0.15) is 17.4 Å². The lowest BCUT2D eigenvalue weighted by atomic mass is 10.1. The largest absolute Gasteiger partial charge is 0.484 e. The molecule has 3 aromatic rings. The van der Waals surface area contributed by atoms with E-state index in [1.807, 2.05) is 0 Å². The molecule has 0 bridgehead atoms. The average Bonchev–Trinajstić information content (AvgIpc) is 2.75. The van der Waals surface area contributed by atoms with Crippen molar-refractivity contribution in [2.45, 2.75) is 25.9 Å². The van der Waals surface area contributed by atoms with Crippen LogP contribution in [0.5, 0.6) is 5.75 Å². The van der Waals surface area contributed by atoms with Crippen molar-refractivity contribution >= 4 is 28.8 Å². The highest BCUT2D eigenvalue weighted by Crippen LogP contribution is 2.22. The van der Waals surface area contributed by atoms with E-state index in [4.69, 9.17) is 9.15 Å². The van der Waals surface area contributed by atoms with Crippen LogP contribution >= 0.6 is 0 Å². The summed E-state index contributed by atoms with van der Waals surface area (Å²) in [5.41, 5.74) is 1.02. The molecule has 3 rings (SSSR count). The van der Waals surface area contributed by atoms with Gasteiger partial charge in [0.05, 0.1) is 0 Å².